The zero-order chi connectivity index (χ0) is 18.2. The number of benzene rings is 2. The van der Waals surface area contributed by atoms with Gasteiger partial charge >= 0.3 is 0 Å². The molecule has 0 saturated carbocycles. The van der Waals surface area contributed by atoms with Crippen LogP contribution in [0.25, 0.3) is 0 Å². The van der Waals surface area contributed by atoms with Gasteiger partial charge in [-0.3, -0.25) is 4.79 Å². The molecule has 0 fully saturated rings. The number of nitrogens with one attached hydrogen (secondary N) is 1. The van der Waals surface area contributed by atoms with E-state index < -0.39 is 0 Å². The Kier molecular flexibility index (Phi) is 7.31. The maximum atomic E-state index is 12.0. The number of carbonyl (C=O) groups excluding carboxylic acids is 1. The molecule has 2 aromatic carbocycles. The van der Waals surface area contributed by atoms with Gasteiger partial charge in [0.05, 0.1) is 11.1 Å². The van der Waals surface area contributed by atoms with Crippen molar-refractivity contribution in [3.05, 3.63) is 52.5 Å². The van der Waals surface area contributed by atoms with Gasteiger partial charge in [0, 0.05) is 5.69 Å². The lowest BCUT2D eigenvalue weighted by Crippen LogP contribution is -2.20. The van der Waals surface area contributed by atoms with Gasteiger partial charge in [-0.15, -0.1) is 0 Å². The van der Waals surface area contributed by atoms with Crippen LogP contribution in [0.4, 0.5) is 5.69 Å². The highest BCUT2D eigenvalue weighted by molar-refractivity contribution is 9.10. The Bertz CT molecular complexity index is 699. The van der Waals surface area contributed by atoms with Crippen molar-refractivity contribution >= 4 is 27.5 Å². The molecule has 0 radical (unpaired) electrons. The van der Waals surface area contributed by atoms with E-state index in [1.807, 2.05) is 42.5 Å². The van der Waals surface area contributed by atoms with Gasteiger partial charge in [0.2, 0.25) is 0 Å². The number of hydrogen-bond donors (Lipinski definition) is 1. The summed E-state index contributed by atoms with van der Waals surface area (Å²) in [7, 11) is 0. The lowest BCUT2D eigenvalue weighted by atomic mass is 10.2. The SMILES string of the molecule is CCc1ccc(OCC(=O)Nc2ccc(OCC(C)C)cc2)c(Br)c1. The molecule has 0 aliphatic rings. The lowest BCUT2D eigenvalue weighted by Gasteiger charge is -2.11. The Morgan fingerprint density at radius 2 is 1.84 bits per heavy atom. The summed E-state index contributed by atoms with van der Waals surface area (Å²) in [4.78, 5) is 12.0. The van der Waals surface area contributed by atoms with Crippen LogP contribution in [-0.2, 0) is 11.2 Å². The summed E-state index contributed by atoms with van der Waals surface area (Å²) in [5.41, 5.74) is 1.93. The largest absolute Gasteiger partial charge is 0.493 e. The molecule has 25 heavy (non-hydrogen) atoms. The second-order valence-corrected chi connectivity index (χ2v) is 7.04. The van der Waals surface area contributed by atoms with Crippen LogP contribution in [0, 0.1) is 5.92 Å². The molecule has 0 unspecified atom stereocenters. The molecule has 1 amide bonds. The highest BCUT2D eigenvalue weighted by Crippen LogP contribution is 2.26. The smallest absolute Gasteiger partial charge is 0.262 e. The first-order valence-corrected chi connectivity index (χ1v) is 9.21. The van der Waals surface area contributed by atoms with Gasteiger partial charge in [0.1, 0.15) is 11.5 Å². The number of rotatable bonds is 8. The van der Waals surface area contributed by atoms with Crippen LogP contribution < -0.4 is 14.8 Å². The van der Waals surface area contributed by atoms with Gasteiger partial charge in [-0.2, -0.15) is 0 Å². The van der Waals surface area contributed by atoms with Crippen molar-refractivity contribution in [3.8, 4) is 11.5 Å². The predicted octanol–water partition coefficient (Wildman–Crippen LogP) is 5.06. The van der Waals surface area contributed by atoms with Gasteiger partial charge in [0.15, 0.2) is 6.61 Å². The fourth-order valence-electron chi connectivity index (χ4n) is 2.12. The van der Waals surface area contributed by atoms with Crippen LogP contribution in [0.5, 0.6) is 11.5 Å². The van der Waals surface area contributed by atoms with Gasteiger partial charge in [0.25, 0.3) is 5.91 Å². The number of carbonyl (C=O) groups is 1. The number of hydrogen-bond acceptors (Lipinski definition) is 3. The molecule has 0 saturated heterocycles. The number of halogens is 1. The maximum absolute atomic E-state index is 12.0. The molecule has 1 N–H and O–H groups in total. The summed E-state index contributed by atoms with van der Waals surface area (Å²) in [5.74, 6) is 1.72. The molecule has 0 atom stereocenters. The molecule has 5 heteroatoms. The van der Waals surface area contributed by atoms with Crippen molar-refractivity contribution in [2.24, 2.45) is 5.92 Å². The van der Waals surface area contributed by atoms with Crippen molar-refractivity contribution in [2.45, 2.75) is 27.2 Å². The standard InChI is InChI=1S/C20H24BrNO3/c1-4-15-5-10-19(18(21)11-15)25-13-20(23)22-16-6-8-17(9-7-16)24-12-14(2)3/h5-11,14H,4,12-13H2,1-3H3,(H,22,23). The average Bonchev–Trinajstić information content (AvgIpc) is 2.60. The van der Waals surface area contributed by atoms with Gasteiger partial charge in [-0.05, 0) is 70.2 Å². The summed E-state index contributed by atoms with van der Waals surface area (Å²) in [5, 5.41) is 2.81. The second-order valence-electron chi connectivity index (χ2n) is 6.18. The number of anilines is 1. The third kappa shape index (κ3) is 6.42. The Hall–Kier alpha value is -2.01. The first-order chi connectivity index (χ1) is 12.0. The van der Waals surface area contributed by atoms with E-state index in [1.165, 1.54) is 5.56 Å². The van der Waals surface area contributed by atoms with E-state index in [2.05, 4.69) is 42.0 Å². The molecule has 0 bridgehead atoms. The molecular formula is C20H24BrNO3. The van der Waals surface area contributed by atoms with E-state index in [0.717, 1.165) is 16.6 Å². The molecule has 134 valence electrons. The molecular weight excluding hydrogens is 382 g/mol. The fraction of sp³-hybridized carbons (Fsp3) is 0.350. The topological polar surface area (TPSA) is 47.6 Å². The molecule has 0 aromatic heterocycles. The minimum absolute atomic E-state index is 0.0460. The number of amides is 1. The monoisotopic (exact) mass is 405 g/mol. The van der Waals surface area contributed by atoms with Gasteiger partial charge < -0.3 is 14.8 Å². The van der Waals surface area contributed by atoms with Gasteiger partial charge in [-0.1, -0.05) is 26.8 Å². The van der Waals surface area contributed by atoms with E-state index in [0.29, 0.717) is 24.0 Å². The molecule has 4 nitrogen and oxygen atoms in total. The highest BCUT2D eigenvalue weighted by atomic mass is 79.9. The normalized spacial score (nSPS) is 10.6. The quantitative estimate of drug-likeness (QED) is 0.667. The summed E-state index contributed by atoms with van der Waals surface area (Å²) in [6.07, 6.45) is 0.955. The van der Waals surface area contributed by atoms with E-state index in [-0.39, 0.29) is 12.5 Å². The minimum Gasteiger partial charge on any atom is -0.493 e. The number of aryl methyl sites for hydroxylation is 1. The van der Waals surface area contributed by atoms with Crippen LogP contribution in [0.3, 0.4) is 0 Å². The molecule has 0 spiro atoms. The van der Waals surface area contributed by atoms with E-state index in [9.17, 15) is 4.79 Å². The first-order valence-electron chi connectivity index (χ1n) is 8.42. The third-order valence-electron chi connectivity index (χ3n) is 3.48. The van der Waals surface area contributed by atoms with Crippen molar-refractivity contribution in [1.82, 2.24) is 0 Å². The molecule has 0 aliphatic heterocycles. The van der Waals surface area contributed by atoms with Crippen LogP contribution in [0.1, 0.15) is 26.3 Å². The Labute approximate surface area is 157 Å². The van der Waals surface area contributed by atoms with Crippen LogP contribution in [-0.4, -0.2) is 19.1 Å². The molecule has 0 heterocycles. The summed E-state index contributed by atoms with van der Waals surface area (Å²) in [6.45, 7) is 6.92. The zero-order valence-corrected chi connectivity index (χ0v) is 16.4. The lowest BCUT2D eigenvalue weighted by molar-refractivity contribution is -0.118. The summed E-state index contributed by atoms with van der Waals surface area (Å²) >= 11 is 3.47. The summed E-state index contributed by atoms with van der Waals surface area (Å²) in [6, 6.07) is 13.2. The van der Waals surface area contributed by atoms with Crippen molar-refractivity contribution in [3.63, 3.8) is 0 Å². The van der Waals surface area contributed by atoms with Crippen LogP contribution >= 0.6 is 15.9 Å². The molecule has 0 aliphatic carbocycles. The van der Waals surface area contributed by atoms with E-state index in [4.69, 9.17) is 9.47 Å². The van der Waals surface area contributed by atoms with E-state index in [1.54, 1.807) is 0 Å². The predicted molar refractivity (Wildman–Crippen MR) is 104 cm³/mol. The van der Waals surface area contributed by atoms with Crippen molar-refractivity contribution in [1.29, 1.82) is 0 Å². The van der Waals surface area contributed by atoms with Crippen molar-refractivity contribution < 1.29 is 14.3 Å². The van der Waals surface area contributed by atoms with Crippen LogP contribution in [0.2, 0.25) is 0 Å². The fourth-order valence-corrected chi connectivity index (χ4v) is 2.66. The minimum atomic E-state index is -0.206. The first kappa shape index (κ1) is 19.3. The molecule has 2 aromatic rings. The van der Waals surface area contributed by atoms with Gasteiger partial charge in [-0.25, -0.2) is 0 Å². The third-order valence-corrected chi connectivity index (χ3v) is 4.10. The maximum Gasteiger partial charge on any atom is 0.262 e. The Balaban J connectivity index is 1.84. The highest BCUT2D eigenvalue weighted by Gasteiger charge is 2.07. The second kappa shape index (κ2) is 9.47. The Morgan fingerprint density at radius 1 is 1.12 bits per heavy atom. The van der Waals surface area contributed by atoms with E-state index >= 15 is 0 Å². The summed E-state index contributed by atoms with van der Waals surface area (Å²) < 4.78 is 12.1. The van der Waals surface area contributed by atoms with Crippen molar-refractivity contribution in [2.75, 3.05) is 18.5 Å². The number of ether oxygens (including phenoxy) is 2. The average molecular weight is 406 g/mol. The zero-order valence-electron chi connectivity index (χ0n) is 14.8. The van der Waals surface area contributed by atoms with Crippen LogP contribution in [0.15, 0.2) is 46.9 Å². The molecule has 2 rings (SSSR count). The Morgan fingerprint density at radius 3 is 2.44 bits per heavy atom.